The van der Waals surface area contributed by atoms with Crippen LogP contribution in [-0.2, 0) is 11.3 Å². The van der Waals surface area contributed by atoms with Gasteiger partial charge in [-0.05, 0) is 48.7 Å². The Labute approximate surface area is 155 Å². The van der Waals surface area contributed by atoms with Crippen LogP contribution in [0, 0.1) is 5.82 Å². The molecule has 140 valence electrons. The molecule has 1 heterocycles. The molecule has 4 rings (SSSR count). The Morgan fingerprint density at radius 1 is 1.07 bits per heavy atom. The van der Waals surface area contributed by atoms with E-state index in [-0.39, 0.29) is 37.0 Å². The third-order valence-corrected chi connectivity index (χ3v) is 4.61. The molecule has 0 atom stereocenters. The highest BCUT2D eigenvalue weighted by Gasteiger charge is 2.32. The number of amides is 2. The van der Waals surface area contributed by atoms with Crippen LogP contribution in [-0.4, -0.2) is 36.1 Å². The Hall–Kier alpha value is -3.09. The highest BCUT2D eigenvalue weighted by molar-refractivity contribution is 5.97. The fourth-order valence-corrected chi connectivity index (χ4v) is 2.99. The summed E-state index contributed by atoms with van der Waals surface area (Å²) in [7, 11) is 0. The van der Waals surface area contributed by atoms with E-state index >= 15 is 0 Å². The second kappa shape index (κ2) is 7.26. The van der Waals surface area contributed by atoms with Crippen LogP contribution in [0.3, 0.4) is 0 Å². The van der Waals surface area contributed by atoms with Crippen LogP contribution >= 0.6 is 0 Å². The minimum absolute atomic E-state index is 0.0923. The average molecular weight is 370 g/mol. The van der Waals surface area contributed by atoms with Gasteiger partial charge >= 0.3 is 0 Å². The number of fused-ring (bicyclic) bond motifs is 1. The number of carbonyl (C=O) groups excluding carboxylic acids is 2. The molecule has 2 aromatic rings. The summed E-state index contributed by atoms with van der Waals surface area (Å²) >= 11 is 0. The summed E-state index contributed by atoms with van der Waals surface area (Å²) in [6.45, 7) is 0.452. The zero-order valence-electron chi connectivity index (χ0n) is 14.6. The van der Waals surface area contributed by atoms with Gasteiger partial charge in [0.1, 0.15) is 5.82 Å². The van der Waals surface area contributed by atoms with Gasteiger partial charge < -0.3 is 19.7 Å². The summed E-state index contributed by atoms with van der Waals surface area (Å²) in [4.78, 5) is 26.7. The van der Waals surface area contributed by atoms with Crippen molar-refractivity contribution >= 4 is 11.8 Å². The highest BCUT2D eigenvalue weighted by atomic mass is 19.1. The van der Waals surface area contributed by atoms with E-state index < -0.39 is 0 Å². The number of hydrogen-bond donors (Lipinski definition) is 1. The van der Waals surface area contributed by atoms with E-state index in [2.05, 4.69) is 5.32 Å². The lowest BCUT2D eigenvalue weighted by atomic mass is 10.2. The molecule has 2 amide bonds. The van der Waals surface area contributed by atoms with Crippen molar-refractivity contribution in [3.8, 4) is 11.5 Å². The Bertz CT molecular complexity index is 865. The summed E-state index contributed by atoms with van der Waals surface area (Å²) in [5, 5.41) is 2.66. The summed E-state index contributed by atoms with van der Waals surface area (Å²) in [6, 6.07) is 11.2. The lowest BCUT2D eigenvalue weighted by Gasteiger charge is -2.23. The van der Waals surface area contributed by atoms with Crippen molar-refractivity contribution in [3.63, 3.8) is 0 Å². The van der Waals surface area contributed by atoms with E-state index in [4.69, 9.17) is 9.47 Å². The number of halogens is 1. The van der Waals surface area contributed by atoms with Crippen molar-refractivity contribution in [3.05, 3.63) is 59.4 Å². The third kappa shape index (κ3) is 4.02. The van der Waals surface area contributed by atoms with Crippen molar-refractivity contribution in [2.75, 3.05) is 13.3 Å². The summed E-state index contributed by atoms with van der Waals surface area (Å²) in [5.74, 6) is 0.306. The van der Waals surface area contributed by atoms with Crippen LogP contribution in [0.25, 0.3) is 0 Å². The van der Waals surface area contributed by atoms with Crippen molar-refractivity contribution in [2.45, 2.75) is 25.4 Å². The van der Waals surface area contributed by atoms with Crippen LogP contribution in [0.5, 0.6) is 11.5 Å². The van der Waals surface area contributed by atoms with Gasteiger partial charge in [0.05, 0.1) is 6.54 Å². The normalized spacial score (nSPS) is 14.7. The second-order valence-corrected chi connectivity index (χ2v) is 6.63. The third-order valence-electron chi connectivity index (χ3n) is 4.61. The number of hydrogen-bond acceptors (Lipinski definition) is 4. The monoisotopic (exact) mass is 370 g/mol. The Morgan fingerprint density at radius 2 is 1.81 bits per heavy atom. The molecule has 6 nitrogen and oxygen atoms in total. The Kier molecular flexibility index (Phi) is 4.66. The maximum Gasteiger partial charge on any atom is 0.251 e. The van der Waals surface area contributed by atoms with Gasteiger partial charge in [-0.1, -0.05) is 12.1 Å². The first-order valence-electron chi connectivity index (χ1n) is 8.82. The van der Waals surface area contributed by atoms with E-state index in [1.54, 1.807) is 35.2 Å². The minimum atomic E-state index is -0.348. The molecule has 1 aliphatic carbocycles. The summed E-state index contributed by atoms with van der Waals surface area (Å²) in [5.41, 5.74) is 1.27. The van der Waals surface area contributed by atoms with Crippen molar-refractivity contribution in [1.82, 2.24) is 10.2 Å². The van der Waals surface area contributed by atoms with E-state index in [1.165, 1.54) is 12.1 Å². The molecule has 1 fully saturated rings. The molecule has 1 saturated carbocycles. The molecule has 7 heteroatoms. The van der Waals surface area contributed by atoms with E-state index in [0.29, 0.717) is 23.6 Å². The molecule has 0 saturated heterocycles. The van der Waals surface area contributed by atoms with Crippen LogP contribution in [0.1, 0.15) is 28.8 Å². The molecule has 0 spiro atoms. The molecule has 0 radical (unpaired) electrons. The lowest BCUT2D eigenvalue weighted by molar-refractivity contribution is -0.131. The maximum atomic E-state index is 13.1. The van der Waals surface area contributed by atoms with Crippen LogP contribution in [0.15, 0.2) is 42.5 Å². The predicted octanol–water partition coefficient (Wildman–Crippen LogP) is 2.48. The largest absolute Gasteiger partial charge is 0.454 e. The Balaban J connectivity index is 1.36. The number of ether oxygens (including phenoxy) is 2. The average Bonchev–Trinajstić information content (AvgIpc) is 3.41. The fraction of sp³-hybridized carbons (Fsp3) is 0.300. The van der Waals surface area contributed by atoms with Gasteiger partial charge in [0.15, 0.2) is 11.5 Å². The molecule has 1 N–H and O–H groups in total. The molecule has 2 aliphatic rings. The molecule has 0 bridgehead atoms. The zero-order valence-corrected chi connectivity index (χ0v) is 14.6. The van der Waals surface area contributed by atoms with Gasteiger partial charge in [0.2, 0.25) is 12.7 Å². The number of carbonyl (C=O) groups is 2. The van der Waals surface area contributed by atoms with Gasteiger partial charge in [0, 0.05) is 18.2 Å². The predicted molar refractivity (Wildman–Crippen MR) is 94.9 cm³/mol. The van der Waals surface area contributed by atoms with E-state index in [1.807, 2.05) is 0 Å². The first-order chi connectivity index (χ1) is 13.1. The topological polar surface area (TPSA) is 67.9 Å². The first-order valence-corrected chi connectivity index (χ1v) is 8.82. The minimum Gasteiger partial charge on any atom is -0.454 e. The highest BCUT2D eigenvalue weighted by Crippen LogP contribution is 2.32. The maximum absolute atomic E-state index is 13.1. The standard InChI is InChI=1S/C20H19FN2O4/c21-15-4-1-13(2-5-15)11-23(16-6-7-16)19(24)10-22-20(25)14-3-8-17-18(9-14)27-12-26-17/h1-5,8-9,16H,6-7,10-12H2,(H,22,25). The second-order valence-electron chi connectivity index (χ2n) is 6.63. The van der Waals surface area contributed by atoms with Crippen molar-refractivity contribution < 1.29 is 23.5 Å². The molecular formula is C20H19FN2O4. The summed E-state index contributed by atoms with van der Waals surface area (Å²) < 4.78 is 23.5. The quantitative estimate of drug-likeness (QED) is 0.848. The SMILES string of the molecule is O=C(NCC(=O)N(Cc1ccc(F)cc1)C1CC1)c1ccc2c(c1)OCO2. The van der Waals surface area contributed by atoms with Gasteiger partial charge in [-0.25, -0.2) is 4.39 Å². The zero-order chi connectivity index (χ0) is 18.8. The number of rotatable bonds is 6. The first kappa shape index (κ1) is 17.3. The van der Waals surface area contributed by atoms with Crippen LogP contribution < -0.4 is 14.8 Å². The fourth-order valence-electron chi connectivity index (χ4n) is 2.99. The molecule has 2 aromatic carbocycles. The van der Waals surface area contributed by atoms with E-state index in [9.17, 15) is 14.0 Å². The number of nitrogens with one attached hydrogen (secondary N) is 1. The van der Waals surface area contributed by atoms with Gasteiger partial charge in [-0.3, -0.25) is 9.59 Å². The summed E-state index contributed by atoms with van der Waals surface area (Å²) in [6.07, 6.45) is 1.89. The smallest absolute Gasteiger partial charge is 0.251 e. The molecular weight excluding hydrogens is 351 g/mol. The number of benzene rings is 2. The molecule has 1 aliphatic heterocycles. The Morgan fingerprint density at radius 3 is 2.56 bits per heavy atom. The van der Waals surface area contributed by atoms with Crippen LogP contribution in [0.2, 0.25) is 0 Å². The number of nitrogens with zero attached hydrogens (tertiary/aromatic N) is 1. The van der Waals surface area contributed by atoms with Crippen molar-refractivity contribution in [2.24, 2.45) is 0 Å². The van der Waals surface area contributed by atoms with Gasteiger partial charge in [0.25, 0.3) is 5.91 Å². The molecule has 0 unspecified atom stereocenters. The molecule has 27 heavy (non-hydrogen) atoms. The van der Waals surface area contributed by atoms with Gasteiger partial charge in [-0.15, -0.1) is 0 Å². The van der Waals surface area contributed by atoms with Crippen LogP contribution in [0.4, 0.5) is 4.39 Å². The van der Waals surface area contributed by atoms with Gasteiger partial charge in [-0.2, -0.15) is 0 Å². The van der Waals surface area contributed by atoms with E-state index in [0.717, 1.165) is 18.4 Å². The molecule has 0 aromatic heterocycles. The van der Waals surface area contributed by atoms with Crippen molar-refractivity contribution in [1.29, 1.82) is 0 Å². The lowest BCUT2D eigenvalue weighted by Crippen LogP contribution is -2.41.